The molecule has 176 valence electrons. The Balaban J connectivity index is 1.26. The van der Waals surface area contributed by atoms with Gasteiger partial charge in [0.1, 0.15) is 12.8 Å². The number of amides is 2. The molecule has 0 aromatic rings. The first-order valence-corrected chi connectivity index (χ1v) is 11.9. The summed E-state index contributed by atoms with van der Waals surface area (Å²) in [6, 6.07) is -0.293. The van der Waals surface area contributed by atoms with Crippen molar-refractivity contribution in [1.29, 1.82) is 0 Å². The van der Waals surface area contributed by atoms with Crippen LogP contribution in [0.4, 0.5) is 4.39 Å². The van der Waals surface area contributed by atoms with Gasteiger partial charge in [0, 0.05) is 31.6 Å². The SMILES string of the molecule is O=C(COC1CCC(Cl)C(F)C1)NC12CCC(NC(=O)C3CNCCN3)(CC1)[C@@H](O)C2. The summed E-state index contributed by atoms with van der Waals surface area (Å²) in [6.45, 7) is 2.04. The van der Waals surface area contributed by atoms with Crippen LogP contribution >= 0.6 is 11.6 Å². The minimum Gasteiger partial charge on any atom is -0.391 e. The maximum absolute atomic E-state index is 13.8. The molecule has 4 aliphatic carbocycles. The number of carbonyl (C=O) groups excluding carboxylic acids is 2. The molecule has 5 aliphatic rings. The monoisotopic (exact) mass is 460 g/mol. The molecule has 0 aromatic carbocycles. The standard InChI is InChI=1S/C21H34ClFN4O4/c22-14-2-1-13(9-15(14)23)31-12-18(29)26-20-3-5-21(6-4-20,17(28)10-20)27-19(30)16-11-24-7-8-25-16/h13-17,24-25,28H,1-12H2,(H,26,29)(H,27,30)/t13?,14?,15?,16?,17-,20?,21?/m0/s1. The van der Waals surface area contributed by atoms with Crippen molar-refractivity contribution in [2.75, 3.05) is 26.2 Å². The average molecular weight is 461 g/mol. The van der Waals surface area contributed by atoms with Gasteiger partial charge in [-0.2, -0.15) is 0 Å². The Morgan fingerprint density at radius 1 is 1.16 bits per heavy atom. The first-order valence-electron chi connectivity index (χ1n) is 11.5. The maximum Gasteiger partial charge on any atom is 0.246 e. The first kappa shape index (κ1) is 23.2. The van der Waals surface area contributed by atoms with E-state index in [4.69, 9.17) is 16.3 Å². The predicted octanol–water partition coefficient (Wildman–Crippen LogP) is 0.111. The van der Waals surface area contributed by atoms with Gasteiger partial charge in [-0.15, -0.1) is 11.6 Å². The second kappa shape index (κ2) is 9.47. The number of hydrogen-bond donors (Lipinski definition) is 5. The molecule has 0 aromatic heterocycles. The second-order valence-electron chi connectivity index (χ2n) is 9.68. The highest BCUT2D eigenvalue weighted by Crippen LogP contribution is 2.47. The maximum atomic E-state index is 13.8. The van der Waals surface area contributed by atoms with Crippen molar-refractivity contribution < 1.29 is 23.8 Å². The molecule has 5 N–H and O–H groups in total. The van der Waals surface area contributed by atoms with E-state index < -0.39 is 28.7 Å². The Bertz CT molecular complexity index is 670. The van der Waals surface area contributed by atoms with Crippen LogP contribution in [0.25, 0.3) is 0 Å². The molecule has 2 bridgehead atoms. The van der Waals surface area contributed by atoms with Gasteiger partial charge in [0.05, 0.1) is 29.2 Å². The van der Waals surface area contributed by atoms with Gasteiger partial charge in [-0.25, -0.2) is 4.39 Å². The fraction of sp³-hybridized carbons (Fsp3) is 0.905. The van der Waals surface area contributed by atoms with Crippen molar-refractivity contribution in [2.24, 2.45) is 0 Å². The van der Waals surface area contributed by atoms with E-state index >= 15 is 0 Å². The van der Waals surface area contributed by atoms with Crippen LogP contribution in [0.3, 0.4) is 0 Å². The smallest absolute Gasteiger partial charge is 0.246 e. The molecular weight excluding hydrogens is 427 g/mol. The van der Waals surface area contributed by atoms with Gasteiger partial charge < -0.3 is 31.1 Å². The van der Waals surface area contributed by atoms with Gasteiger partial charge in [0.15, 0.2) is 0 Å². The van der Waals surface area contributed by atoms with Crippen molar-refractivity contribution in [3.63, 3.8) is 0 Å². The third-order valence-corrected chi connectivity index (χ3v) is 8.04. The Labute approximate surface area is 187 Å². The van der Waals surface area contributed by atoms with Crippen molar-refractivity contribution in [2.45, 2.75) is 92.2 Å². The summed E-state index contributed by atoms with van der Waals surface area (Å²) in [5.41, 5.74) is -1.11. The Kier molecular flexibility index (Phi) is 7.08. The molecule has 8 nitrogen and oxygen atoms in total. The molecule has 0 radical (unpaired) electrons. The van der Waals surface area contributed by atoms with Gasteiger partial charge in [0.25, 0.3) is 0 Å². The third-order valence-electron chi connectivity index (χ3n) is 7.55. The zero-order chi connectivity index (χ0) is 22.1. The van der Waals surface area contributed by atoms with Gasteiger partial charge >= 0.3 is 0 Å². The topological polar surface area (TPSA) is 112 Å². The number of aliphatic hydroxyl groups is 1. The van der Waals surface area contributed by atoms with E-state index in [-0.39, 0.29) is 37.0 Å². The summed E-state index contributed by atoms with van der Waals surface area (Å²) in [5, 5.41) is 23.0. The number of nitrogens with one attached hydrogen (secondary N) is 4. The molecule has 1 heterocycles. The number of aliphatic hydroxyl groups excluding tert-OH is 1. The number of fused-ring (bicyclic) bond motifs is 3. The largest absolute Gasteiger partial charge is 0.391 e. The van der Waals surface area contributed by atoms with E-state index in [9.17, 15) is 19.1 Å². The van der Waals surface area contributed by atoms with Gasteiger partial charge in [-0.3, -0.25) is 9.59 Å². The lowest BCUT2D eigenvalue weighted by molar-refractivity contribution is -0.139. The predicted molar refractivity (Wildman–Crippen MR) is 114 cm³/mol. The van der Waals surface area contributed by atoms with E-state index in [2.05, 4.69) is 21.3 Å². The van der Waals surface area contributed by atoms with E-state index in [1.165, 1.54) is 0 Å². The number of alkyl halides is 2. The lowest BCUT2D eigenvalue weighted by Crippen LogP contribution is -2.72. The van der Waals surface area contributed by atoms with Crippen LogP contribution in [0.2, 0.25) is 0 Å². The summed E-state index contributed by atoms with van der Waals surface area (Å²) in [5.74, 6) is -0.331. The van der Waals surface area contributed by atoms with Crippen LogP contribution < -0.4 is 21.3 Å². The first-order chi connectivity index (χ1) is 14.8. The summed E-state index contributed by atoms with van der Waals surface area (Å²) in [6.07, 6.45) is 2.33. The van der Waals surface area contributed by atoms with Crippen molar-refractivity contribution in [3.05, 3.63) is 0 Å². The van der Waals surface area contributed by atoms with Crippen molar-refractivity contribution in [3.8, 4) is 0 Å². The number of hydrogen-bond acceptors (Lipinski definition) is 6. The zero-order valence-corrected chi connectivity index (χ0v) is 18.6. The molecule has 31 heavy (non-hydrogen) atoms. The van der Waals surface area contributed by atoms with Crippen LogP contribution in [-0.4, -0.2) is 84.0 Å². The molecule has 10 heteroatoms. The molecule has 1 aliphatic heterocycles. The lowest BCUT2D eigenvalue weighted by Gasteiger charge is -2.56. The summed E-state index contributed by atoms with van der Waals surface area (Å²) in [4.78, 5) is 25.2. The number of piperazine rings is 1. The van der Waals surface area contributed by atoms with Crippen LogP contribution in [0.15, 0.2) is 0 Å². The van der Waals surface area contributed by atoms with Crippen LogP contribution in [0.1, 0.15) is 51.4 Å². The highest BCUT2D eigenvalue weighted by atomic mass is 35.5. The number of ether oxygens (including phenoxy) is 1. The zero-order valence-electron chi connectivity index (χ0n) is 17.8. The molecule has 5 fully saturated rings. The fourth-order valence-corrected chi connectivity index (χ4v) is 5.78. The summed E-state index contributed by atoms with van der Waals surface area (Å²) >= 11 is 5.90. The van der Waals surface area contributed by atoms with E-state index in [0.717, 1.165) is 13.1 Å². The molecule has 2 amide bonds. The highest BCUT2D eigenvalue weighted by molar-refractivity contribution is 6.21. The minimum atomic E-state index is -1.10. The quantitative estimate of drug-likeness (QED) is 0.360. The van der Waals surface area contributed by atoms with Crippen LogP contribution in [0, 0.1) is 0 Å². The number of carbonyl (C=O) groups is 2. The summed E-state index contributed by atoms with van der Waals surface area (Å²) in [7, 11) is 0. The summed E-state index contributed by atoms with van der Waals surface area (Å²) < 4.78 is 19.4. The Hall–Kier alpha value is -1.00. The van der Waals surface area contributed by atoms with Crippen molar-refractivity contribution >= 4 is 23.4 Å². The molecular formula is C21H34ClFN4O4. The lowest BCUT2D eigenvalue weighted by atomic mass is 9.59. The fourth-order valence-electron chi connectivity index (χ4n) is 5.55. The van der Waals surface area contributed by atoms with E-state index in [1.807, 2.05) is 0 Å². The molecule has 1 saturated heterocycles. The minimum absolute atomic E-state index is 0.0871. The number of rotatable bonds is 6. The molecule has 4 unspecified atom stereocenters. The third kappa shape index (κ3) is 5.16. The van der Waals surface area contributed by atoms with E-state index in [1.54, 1.807) is 0 Å². The Morgan fingerprint density at radius 3 is 2.58 bits per heavy atom. The normalized spacial score (nSPS) is 42.7. The van der Waals surface area contributed by atoms with Crippen LogP contribution in [0.5, 0.6) is 0 Å². The van der Waals surface area contributed by atoms with Crippen LogP contribution in [-0.2, 0) is 14.3 Å². The van der Waals surface area contributed by atoms with Gasteiger partial charge in [0.2, 0.25) is 11.8 Å². The second-order valence-corrected chi connectivity index (χ2v) is 10.2. The molecule has 0 spiro atoms. The Morgan fingerprint density at radius 2 is 1.94 bits per heavy atom. The van der Waals surface area contributed by atoms with E-state index in [0.29, 0.717) is 51.5 Å². The molecule has 4 saturated carbocycles. The molecule has 5 atom stereocenters. The number of halogens is 2. The molecule has 5 rings (SSSR count). The van der Waals surface area contributed by atoms with Gasteiger partial charge in [-0.1, -0.05) is 0 Å². The van der Waals surface area contributed by atoms with Gasteiger partial charge in [-0.05, 0) is 44.9 Å². The highest BCUT2D eigenvalue weighted by Gasteiger charge is 2.55. The van der Waals surface area contributed by atoms with Crippen molar-refractivity contribution in [1.82, 2.24) is 21.3 Å². The average Bonchev–Trinajstić information content (AvgIpc) is 2.76.